The Morgan fingerprint density at radius 1 is 1.09 bits per heavy atom. The van der Waals surface area contributed by atoms with E-state index in [0.717, 1.165) is 55.8 Å². The number of benzene rings is 2. The molecule has 1 aliphatic heterocycles. The minimum atomic E-state index is -3.51. The smallest absolute Gasteiger partial charge is 0.242 e. The molecule has 33 heavy (non-hydrogen) atoms. The van der Waals surface area contributed by atoms with Gasteiger partial charge in [0.25, 0.3) is 0 Å². The molecule has 1 aromatic heterocycles. The molecule has 0 aliphatic carbocycles. The Labute approximate surface area is 196 Å². The monoisotopic (exact) mass is 468 g/mol. The van der Waals surface area contributed by atoms with Gasteiger partial charge in [-0.3, -0.25) is 9.69 Å². The molecule has 8 heteroatoms. The number of carbonyl (C=O) groups excluding carboxylic acids is 1. The van der Waals surface area contributed by atoms with Crippen LogP contribution in [-0.4, -0.2) is 60.1 Å². The van der Waals surface area contributed by atoms with E-state index in [9.17, 15) is 13.2 Å². The molecule has 0 bridgehead atoms. The van der Waals surface area contributed by atoms with Crippen LogP contribution in [0.2, 0.25) is 0 Å². The maximum absolute atomic E-state index is 12.8. The lowest BCUT2D eigenvalue weighted by molar-refractivity contribution is 0.0832. The van der Waals surface area contributed by atoms with Crippen LogP contribution < -0.4 is 0 Å². The minimum Gasteiger partial charge on any atom is -0.327 e. The SMILES string of the molecule is CCCn1c(CN2CCC(C(=O)c3ccccc3)CC2)nc2cc(S(=O)(=O)N(C)C)ccc21. The highest BCUT2D eigenvalue weighted by Crippen LogP contribution is 2.26. The van der Waals surface area contributed by atoms with Crippen molar-refractivity contribution in [2.45, 2.75) is 44.2 Å². The van der Waals surface area contributed by atoms with E-state index in [1.165, 1.54) is 18.4 Å². The Hall–Kier alpha value is -2.55. The molecule has 3 aromatic rings. The zero-order valence-corrected chi connectivity index (χ0v) is 20.4. The summed E-state index contributed by atoms with van der Waals surface area (Å²) in [5.74, 6) is 1.25. The topological polar surface area (TPSA) is 75.5 Å². The summed E-state index contributed by atoms with van der Waals surface area (Å²) in [6.45, 7) is 5.34. The summed E-state index contributed by atoms with van der Waals surface area (Å²) in [5.41, 5.74) is 2.46. The number of aryl methyl sites for hydroxylation is 1. The van der Waals surface area contributed by atoms with Crippen molar-refractivity contribution in [3.05, 3.63) is 59.9 Å². The molecule has 2 heterocycles. The van der Waals surface area contributed by atoms with E-state index in [1.54, 1.807) is 12.1 Å². The lowest BCUT2D eigenvalue weighted by Crippen LogP contribution is -2.36. The van der Waals surface area contributed by atoms with Crippen molar-refractivity contribution in [1.82, 2.24) is 18.8 Å². The molecule has 0 atom stereocenters. The van der Waals surface area contributed by atoms with E-state index in [2.05, 4.69) is 16.4 Å². The number of nitrogens with zero attached hydrogens (tertiary/aromatic N) is 4. The molecule has 1 saturated heterocycles. The van der Waals surface area contributed by atoms with Crippen molar-refractivity contribution in [1.29, 1.82) is 0 Å². The third kappa shape index (κ3) is 4.88. The lowest BCUT2D eigenvalue weighted by atomic mass is 9.89. The fraction of sp³-hybridized carbons (Fsp3) is 0.440. The van der Waals surface area contributed by atoms with Crippen LogP contribution in [0, 0.1) is 5.92 Å². The molecule has 1 fully saturated rings. The van der Waals surface area contributed by atoms with Crippen molar-refractivity contribution in [3.8, 4) is 0 Å². The van der Waals surface area contributed by atoms with Gasteiger partial charge in [0.15, 0.2) is 5.78 Å². The van der Waals surface area contributed by atoms with Gasteiger partial charge in [0, 0.05) is 32.1 Å². The highest BCUT2D eigenvalue weighted by Gasteiger charge is 2.27. The summed E-state index contributed by atoms with van der Waals surface area (Å²) < 4.78 is 28.5. The van der Waals surface area contributed by atoms with Gasteiger partial charge < -0.3 is 4.57 Å². The third-order valence-electron chi connectivity index (χ3n) is 6.41. The standard InChI is InChI=1S/C25H32N4O3S/c1-4-14-29-23-11-10-21(33(31,32)27(2)3)17-22(23)26-24(29)18-28-15-12-20(13-16-28)25(30)19-8-6-5-7-9-19/h5-11,17,20H,4,12-16,18H2,1-3H3. The first-order valence-corrected chi connectivity index (χ1v) is 13.0. The van der Waals surface area contributed by atoms with Crippen LogP contribution in [0.15, 0.2) is 53.4 Å². The number of carbonyl (C=O) groups is 1. The van der Waals surface area contributed by atoms with Gasteiger partial charge in [0.05, 0.1) is 22.5 Å². The highest BCUT2D eigenvalue weighted by atomic mass is 32.2. The molecule has 1 aliphatic rings. The Balaban J connectivity index is 1.51. The first-order valence-electron chi connectivity index (χ1n) is 11.5. The molecule has 0 amide bonds. The second-order valence-electron chi connectivity index (χ2n) is 8.90. The van der Waals surface area contributed by atoms with Crippen LogP contribution in [0.3, 0.4) is 0 Å². The minimum absolute atomic E-state index is 0.0666. The second kappa shape index (κ2) is 9.75. The van der Waals surface area contributed by atoms with Gasteiger partial charge in [-0.2, -0.15) is 0 Å². The number of hydrogen-bond donors (Lipinski definition) is 0. The van der Waals surface area contributed by atoms with Gasteiger partial charge in [0.1, 0.15) is 5.82 Å². The van der Waals surface area contributed by atoms with Crippen LogP contribution in [0.4, 0.5) is 0 Å². The average Bonchev–Trinajstić information content (AvgIpc) is 3.16. The predicted molar refractivity (Wildman–Crippen MR) is 130 cm³/mol. The number of ketones is 1. The normalized spacial score (nSPS) is 16.0. The number of likely N-dealkylation sites (tertiary alicyclic amines) is 1. The molecule has 2 aromatic carbocycles. The molecule has 0 spiro atoms. The number of hydrogen-bond acceptors (Lipinski definition) is 5. The molecule has 7 nitrogen and oxygen atoms in total. The molecular weight excluding hydrogens is 436 g/mol. The number of aromatic nitrogens is 2. The lowest BCUT2D eigenvalue weighted by Gasteiger charge is -2.31. The van der Waals surface area contributed by atoms with Crippen molar-refractivity contribution in [2.75, 3.05) is 27.2 Å². The fourth-order valence-electron chi connectivity index (χ4n) is 4.52. The van der Waals surface area contributed by atoms with Gasteiger partial charge in [-0.05, 0) is 50.6 Å². The average molecular weight is 469 g/mol. The van der Waals surface area contributed by atoms with Crippen molar-refractivity contribution >= 4 is 26.8 Å². The number of fused-ring (bicyclic) bond motifs is 1. The Kier molecular flexibility index (Phi) is 6.97. The molecule has 176 valence electrons. The van der Waals surface area contributed by atoms with E-state index in [0.29, 0.717) is 12.1 Å². The van der Waals surface area contributed by atoms with E-state index < -0.39 is 10.0 Å². The van der Waals surface area contributed by atoms with E-state index in [-0.39, 0.29) is 16.6 Å². The highest BCUT2D eigenvalue weighted by molar-refractivity contribution is 7.89. The summed E-state index contributed by atoms with van der Waals surface area (Å²) in [6, 6.07) is 14.7. The Morgan fingerprint density at radius 2 is 1.79 bits per heavy atom. The molecular formula is C25H32N4O3S. The maximum atomic E-state index is 12.8. The van der Waals surface area contributed by atoms with Crippen molar-refractivity contribution in [3.63, 3.8) is 0 Å². The number of piperidine rings is 1. The second-order valence-corrected chi connectivity index (χ2v) is 11.1. The van der Waals surface area contributed by atoms with Crippen LogP contribution in [0.25, 0.3) is 11.0 Å². The molecule has 0 saturated carbocycles. The summed E-state index contributed by atoms with van der Waals surface area (Å²) in [6.07, 6.45) is 2.64. The van der Waals surface area contributed by atoms with E-state index >= 15 is 0 Å². The van der Waals surface area contributed by atoms with Gasteiger partial charge in [-0.15, -0.1) is 0 Å². The van der Waals surface area contributed by atoms with Gasteiger partial charge >= 0.3 is 0 Å². The number of imidazole rings is 1. The van der Waals surface area contributed by atoms with Crippen LogP contribution in [0.5, 0.6) is 0 Å². The van der Waals surface area contributed by atoms with Crippen LogP contribution in [-0.2, 0) is 23.1 Å². The summed E-state index contributed by atoms with van der Waals surface area (Å²) in [7, 11) is -0.438. The largest absolute Gasteiger partial charge is 0.327 e. The van der Waals surface area contributed by atoms with E-state index in [1.807, 2.05) is 36.4 Å². The van der Waals surface area contributed by atoms with Gasteiger partial charge in [-0.25, -0.2) is 17.7 Å². The first-order chi connectivity index (χ1) is 15.8. The molecule has 0 radical (unpaired) electrons. The zero-order valence-electron chi connectivity index (χ0n) is 19.6. The van der Waals surface area contributed by atoms with Gasteiger partial charge in [0.2, 0.25) is 10.0 Å². The molecule has 0 N–H and O–H groups in total. The summed E-state index contributed by atoms with van der Waals surface area (Å²) >= 11 is 0. The van der Waals surface area contributed by atoms with Crippen molar-refractivity contribution in [2.24, 2.45) is 5.92 Å². The molecule has 4 rings (SSSR count). The third-order valence-corrected chi connectivity index (χ3v) is 8.22. The number of Topliss-reactive ketones (excluding diaryl/α,β-unsaturated/α-hetero) is 1. The van der Waals surface area contributed by atoms with Crippen LogP contribution in [0.1, 0.15) is 42.4 Å². The van der Waals surface area contributed by atoms with Crippen LogP contribution >= 0.6 is 0 Å². The quantitative estimate of drug-likeness (QED) is 0.470. The Bertz CT molecular complexity index is 1230. The Morgan fingerprint density at radius 3 is 2.42 bits per heavy atom. The fourth-order valence-corrected chi connectivity index (χ4v) is 5.44. The van der Waals surface area contributed by atoms with Crippen molar-refractivity contribution < 1.29 is 13.2 Å². The number of sulfonamides is 1. The van der Waals surface area contributed by atoms with E-state index in [4.69, 9.17) is 4.98 Å². The van der Waals surface area contributed by atoms with Gasteiger partial charge in [-0.1, -0.05) is 37.3 Å². The predicted octanol–water partition coefficient (Wildman–Crippen LogP) is 3.79. The summed E-state index contributed by atoms with van der Waals surface area (Å²) in [5, 5.41) is 0. The summed E-state index contributed by atoms with van der Waals surface area (Å²) in [4.78, 5) is 20.2. The number of rotatable bonds is 8. The maximum Gasteiger partial charge on any atom is 0.242 e. The zero-order chi connectivity index (χ0) is 23.6. The molecule has 0 unspecified atom stereocenters. The first kappa shape index (κ1) is 23.6.